The van der Waals surface area contributed by atoms with Gasteiger partial charge in [-0.25, -0.2) is 9.07 Å². The fourth-order valence-corrected chi connectivity index (χ4v) is 4.00. The Bertz CT molecular complexity index is 878. The molecule has 8 nitrogen and oxygen atoms in total. The van der Waals surface area contributed by atoms with Gasteiger partial charge in [-0.2, -0.15) is 0 Å². The molecular formula is C22H31FN6O2. The van der Waals surface area contributed by atoms with Gasteiger partial charge in [-0.1, -0.05) is 31.9 Å². The number of nitrogens with one attached hydrogen (secondary N) is 1. The minimum atomic E-state index is -0.656. The molecule has 0 saturated carbocycles. The summed E-state index contributed by atoms with van der Waals surface area (Å²) >= 11 is 0. The van der Waals surface area contributed by atoms with Crippen molar-refractivity contribution in [2.24, 2.45) is 5.92 Å². The van der Waals surface area contributed by atoms with E-state index >= 15 is 0 Å². The SMILES string of the molecule is CCCCCNC(=O)C1CCN(C(=O)[C@@H](Cc2cccc(F)c2)n2nnnc2C)CC1. The molecule has 1 fully saturated rings. The molecule has 1 aromatic carbocycles. The Morgan fingerprint density at radius 1 is 1.26 bits per heavy atom. The van der Waals surface area contributed by atoms with Gasteiger partial charge in [0.1, 0.15) is 17.7 Å². The average Bonchev–Trinajstić information content (AvgIpc) is 3.20. The van der Waals surface area contributed by atoms with Gasteiger partial charge in [-0.05, 0) is 54.3 Å². The zero-order valence-corrected chi connectivity index (χ0v) is 18.3. The Hall–Kier alpha value is -2.84. The molecule has 2 aromatic rings. The van der Waals surface area contributed by atoms with Crippen molar-refractivity contribution in [1.82, 2.24) is 30.4 Å². The fourth-order valence-electron chi connectivity index (χ4n) is 4.00. The van der Waals surface area contributed by atoms with Crippen molar-refractivity contribution in [3.8, 4) is 0 Å². The number of carbonyl (C=O) groups excluding carboxylic acids is 2. The highest BCUT2D eigenvalue weighted by Crippen LogP contribution is 2.23. The predicted octanol–water partition coefficient (Wildman–Crippen LogP) is 2.45. The molecule has 31 heavy (non-hydrogen) atoms. The van der Waals surface area contributed by atoms with Crippen LogP contribution in [-0.2, 0) is 16.0 Å². The Kier molecular flexibility index (Phi) is 8.08. The molecule has 168 valence electrons. The van der Waals surface area contributed by atoms with Gasteiger partial charge >= 0.3 is 0 Å². The molecule has 1 aliphatic rings. The van der Waals surface area contributed by atoms with Crippen molar-refractivity contribution in [2.75, 3.05) is 19.6 Å². The molecule has 0 spiro atoms. The van der Waals surface area contributed by atoms with E-state index in [4.69, 9.17) is 0 Å². The van der Waals surface area contributed by atoms with E-state index in [0.29, 0.717) is 50.3 Å². The van der Waals surface area contributed by atoms with Crippen molar-refractivity contribution in [1.29, 1.82) is 0 Å². The molecule has 1 aromatic heterocycles. The predicted molar refractivity (Wildman–Crippen MR) is 114 cm³/mol. The number of benzene rings is 1. The number of unbranched alkanes of at least 4 members (excludes halogenated alkanes) is 2. The minimum Gasteiger partial charge on any atom is -0.356 e. The Morgan fingerprint density at radius 2 is 2.03 bits per heavy atom. The van der Waals surface area contributed by atoms with Crippen LogP contribution >= 0.6 is 0 Å². The number of amides is 2. The first kappa shape index (κ1) is 22.8. The van der Waals surface area contributed by atoms with Crippen LogP contribution in [0.15, 0.2) is 24.3 Å². The van der Waals surface area contributed by atoms with Crippen molar-refractivity contribution in [3.05, 3.63) is 41.5 Å². The topological polar surface area (TPSA) is 93.0 Å². The standard InChI is InChI=1S/C22H31FN6O2/c1-3-4-5-11-24-21(30)18-9-12-28(13-10-18)22(31)20(29-16(2)25-26-27-29)15-17-7-6-8-19(23)14-17/h6-8,14,18,20H,3-5,9-13,15H2,1-2H3,(H,24,30)/t20-/m1/s1. The third kappa shape index (κ3) is 6.08. The van der Waals surface area contributed by atoms with Crippen LogP contribution in [0, 0.1) is 18.7 Å². The molecule has 0 unspecified atom stereocenters. The lowest BCUT2D eigenvalue weighted by Gasteiger charge is -2.33. The van der Waals surface area contributed by atoms with Crippen molar-refractivity contribution < 1.29 is 14.0 Å². The largest absolute Gasteiger partial charge is 0.356 e. The second kappa shape index (κ2) is 11.0. The van der Waals surface area contributed by atoms with Crippen molar-refractivity contribution >= 4 is 11.8 Å². The summed E-state index contributed by atoms with van der Waals surface area (Å²) in [6.45, 7) is 5.59. The number of nitrogens with zero attached hydrogens (tertiary/aromatic N) is 5. The summed E-state index contributed by atoms with van der Waals surface area (Å²) in [7, 11) is 0. The number of carbonyl (C=O) groups is 2. The molecular weight excluding hydrogens is 399 g/mol. The maximum Gasteiger partial charge on any atom is 0.247 e. The van der Waals surface area contributed by atoms with Crippen LogP contribution in [0.1, 0.15) is 56.5 Å². The number of hydrogen-bond donors (Lipinski definition) is 1. The Labute approximate surface area is 182 Å². The molecule has 0 aliphatic carbocycles. The number of aromatic nitrogens is 4. The van der Waals surface area contributed by atoms with Gasteiger partial charge in [0.15, 0.2) is 0 Å². The Morgan fingerprint density at radius 3 is 2.68 bits per heavy atom. The monoisotopic (exact) mass is 430 g/mol. The van der Waals surface area contributed by atoms with Crippen LogP contribution in [0.4, 0.5) is 4.39 Å². The van der Waals surface area contributed by atoms with Gasteiger partial charge in [0.2, 0.25) is 11.8 Å². The minimum absolute atomic E-state index is 0.0675. The highest BCUT2D eigenvalue weighted by molar-refractivity contribution is 5.82. The van der Waals surface area contributed by atoms with Crippen LogP contribution in [0.2, 0.25) is 0 Å². The van der Waals surface area contributed by atoms with Gasteiger partial charge in [0.05, 0.1) is 0 Å². The molecule has 0 radical (unpaired) electrons. The number of aryl methyl sites for hydroxylation is 1. The Balaban J connectivity index is 1.63. The summed E-state index contributed by atoms with van der Waals surface area (Å²) in [6, 6.07) is 5.56. The van der Waals surface area contributed by atoms with E-state index < -0.39 is 6.04 Å². The molecule has 1 atom stereocenters. The highest BCUT2D eigenvalue weighted by Gasteiger charge is 2.33. The molecule has 2 heterocycles. The van der Waals surface area contributed by atoms with E-state index in [-0.39, 0.29) is 23.5 Å². The van der Waals surface area contributed by atoms with Gasteiger partial charge in [-0.3, -0.25) is 9.59 Å². The van der Waals surface area contributed by atoms with Crippen LogP contribution in [0.5, 0.6) is 0 Å². The third-order valence-electron chi connectivity index (χ3n) is 5.81. The second-order valence-electron chi connectivity index (χ2n) is 8.12. The first-order valence-corrected chi connectivity index (χ1v) is 11.0. The van der Waals surface area contributed by atoms with Crippen LogP contribution in [-0.4, -0.2) is 56.6 Å². The second-order valence-corrected chi connectivity index (χ2v) is 8.12. The molecule has 0 bridgehead atoms. The van der Waals surface area contributed by atoms with Gasteiger partial charge in [0, 0.05) is 32.0 Å². The van der Waals surface area contributed by atoms with E-state index in [1.54, 1.807) is 24.0 Å². The number of likely N-dealkylation sites (tertiary alicyclic amines) is 1. The van der Waals surface area contributed by atoms with Gasteiger partial charge < -0.3 is 10.2 Å². The lowest BCUT2D eigenvalue weighted by atomic mass is 9.94. The number of hydrogen-bond acceptors (Lipinski definition) is 5. The van der Waals surface area contributed by atoms with Gasteiger partial charge in [0.25, 0.3) is 0 Å². The molecule has 1 aliphatic heterocycles. The fraction of sp³-hybridized carbons (Fsp3) is 0.591. The van der Waals surface area contributed by atoms with Crippen LogP contribution < -0.4 is 5.32 Å². The average molecular weight is 431 g/mol. The summed E-state index contributed by atoms with van der Waals surface area (Å²) < 4.78 is 15.2. The lowest BCUT2D eigenvalue weighted by Crippen LogP contribution is -2.46. The normalized spacial score (nSPS) is 15.6. The lowest BCUT2D eigenvalue weighted by molar-refractivity contribution is -0.138. The van der Waals surface area contributed by atoms with E-state index in [1.165, 1.54) is 16.8 Å². The van der Waals surface area contributed by atoms with E-state index in [9.17, 15) is 14.0 Å². The van der Waals surface area contributed by atoms with E-state index in [0.717, 1.165) is 19.3 Å². The summed E-state index contributed by atoms with van der Waals surface area (Å²) in [5.41, 5.74) is 0.703. The molecule has 1 N–H and O–H groups in total. The number of rotatable bonds is 9. The number of piperidine rings is 1. The molecule has 3 rings (SSSR count). The number of tetrazole rings is 1. The first-order chi connectivity index (χ1) is 15.0. The summed E-state index contributed by atoms with van der Waals surface area (Å²) in [5, 5.41) is 14.6. The molecule has 9 heteroatoms. The smallest absolute Gasteiger partial charge is 0.247 e. The van der Waals surface area contributed by atoms with Crippen LogP contribution in [0.3, 0.4) is 0 Å². The first-order valence-electron chi connectivity index (χ1n) is 11.0. The van der Waals surface area contributed by atoms with E-state index in [2.05, 4.69) is 27.8 Å². The highest BCUT2D eigenvalue weighted by atomic mass is 19.1. The third-order valence-corrected chi connectivity index (χ3v) is 5.81. The maximum atomic E-state index is 13.7. The van der Waals surface area contributed by atoms with Crippen molar-refractivity contribution in [3.63, 3.8) is 0 Å². The summed E-state index contributed by atoms with van der Waals surface area (Å²) in [4.78, 5) is 27.5. The quantitative estimate of drug-likeness (QED) is 0.617. The zero-order chi connectivity index (χ0) is 22.2. The summed E-state index contributed by atoms with van der Waals surface area (Å²) in [6.07, 6.45) is 4.77. The number of halogens is 1. The van der Waals surface area contributed by atoms with Crippen LogP contribution in [0.25, 0.3) is 0 Å². The summed E-state index contributed by atoms with van der Waals surface area (Å²) in [5.74, 6) is 0.0819. The maximum absolute atomic E-state index is 13.7. The molecule has 2 amide bonds. The molecule has 1 saturated heterocycles. The van der Waals surface area contributed by atoms with Gasteiger partial charge in [-0.15, -0.1) is 5.10 Å². The zero-order valence-electron chi connectivity index (χ0n) is 18.3. The van der Waals surface area contributed by atoms with E-state index in [1.807, 2.05) is 0 Å². The van der Waals surface area contributed by atoms with Crippen molar-refractivity contribution in [2.45, 2.75) is 58.4 Å².